The van der Waals surface area contributed by atoms with Gasteiger partial charge in [0.05, 0.1) is 21.3 Å². The van der Waals surface area contributed by atoms with Gasteiger partial charge in [0.15, 0.2) is 18.1 Å². The van der Waals surface area contributed by atoms with Crippen LogP contribution in [0.4, 0.5) is 0 Å². The molecule has 0 saturated carbocycles. The maximum atomic E-state index is 13.1. The summed E-state index contributed by atoms with van der Waals surface area (Å²) in [4.78, 5) is 29.2. The third-order valence-electron chi connectivity index (χ3n) is 5.15. The molecule has 0 unspecified atom stereocenters. The zero-order valence-corrected chi connectivity index (χ0v) is 18.1. The first kappa shape index (κ1) is 22.3. The monoisotopic (exact) mass is 428 g/mol. The van der Waals surface area contributed by atoms with Crippen molar-refractivity contribution in [1.29, 1.82) is 0 Å². The molecule has 31 heavy (non-hydrogen) atoms. The van der Waals surface area contributed by atoms with Crippen molar-refractivity contribution < 1.29 is 28.5 Å². The molecule has 0 bridgehead atoms. The van der Waals surface area contributed by atoms with Crippen LogP contribution in [0.3, 0.4) is 0 Å². The van der Waals surface area contributed by atoms with Crippen LogP contribution in [0.5, 0.6) is 23.0 Å². The maximum Gasteiger partial charge on any atom is 0.260 e. The number of nitrogens with zero attached hydrogens (tertiary/aromatic N) is 2. The summed E-state index contributed by atoms with van der Waals surface area (Å²) in [6.45, 7) is 2.00. The van der Waals surface area contributed by atoms with Crippen molar-refractivity contribution in [2.24, 2.45) is 0 Å². The quantitative estimate of drug-likeness (QED) is 0.674. The predicted molar refractivity (Wildman–Crippen MR) is 115 cm³/mol. The molecule has 0 aliphatic carbocycles. The van der Waals surface area contributed by atoms with Gasteiger partial charge in [0, 0.05) is 31.7 Å². The fraction of sp³-hybridized carbons (Fsp3) is 0.391. The lowest BCUT2D eigenvalue weighted by molar-refractivity contribution is -0.133. The molecule has 1 aliphatic heterocycles. The second kappa shape index (κ2) is 10.6. The number of ether oxygens (including phenoxy) is 4. The Bertz CT molecular complexity index is 877. The highest BCUT2D eigenvalue weighted by molar-refractivity contribution is 5.95. The van der Waals surface area contributed by atoms with Crippen LogP contribution in [-0.2, 0) is 4.79 Å². The first-order chi connectivity index (χ1) is 15.1. The van der Waals surface area contributed by atoms with Crippen molar-refractivity contribution in [3.8, 4) is 23.0 Å². The van der Waals surface area contributed by atoms with Gasteiger partial charge in [-0.05, 0) is 30.7 Å². The van der Waals surface area contributed by atoms with Crippen LogP contribution in [0.2, 0.25) is 0 Å². The van der Waals surface area contributed by atoms with Gasteiger partial charge in [-0.25, -0.2) is 0 Å². The van der Waals surface area contributed by atoms with Crippen molar-refractivity contribution >= 4 is 11.8 Å². The van der Waals surface area contributed by atoms with Gasteiger partial charge < -0.3 is 28.7 Å². The molecule has 8 nitrogen and oxygen atoms in total. The summed E-state index contributed by atoms with van der Waals surface area (Å²) in [5.74, 6) is 1.71. The molecule has 0 spiro atoms. The number of methoxy groups -OCH3 is 3. The van der Waals surface area contributed by atoms with Crippen LogP contribution in [-0.4, -0.2) is 75.7 Å². The van der Waals surface area contributed by atoms with Crippen molar-refractivity contribution in [3.63, 3.8) is 0 Å². The number of amides is 2. The highest BCUT2D eigenvalue weighted by atomic mass is 16.5. The van der Waals surface area contributed by atoms with Crippen LogP contribution in [0.15, 0.2) is 42.5 Å². The maximum absolute atomic E-state index is 13.1. The van der Waals surface area contributed by atoms with Crippen molar-refractivity contribution in [3.05, 3.63) is 48.0 Å². The van der Waals surface area contributed by atoms with E-state index >= 15 is 0 Å². The molecular weight excluding hydrogens is 400 g/mol. The molecule has 2 aromatic rings. The normalized spacial score (nSPS) is 13.9. The average molecular weight is 428 g/mol. The molecule has 1 fully saturated rings. The van der Waals surface area contributed by atoms with Gasteiger partial charge in [0.1, 0.15) is 5.75 Å². The van der Waals surface area contributed by atoms with Gasteiger partial charge in [-0.3, -0.25) is 9.59 Å². The fourth-order valence-corrected chi connectivity index (χ4v) is 3.51. The van der Waals surface area contributed by atoms with E-state index in [1.165, 1.54) is 21.3 Å². The Morgan fingerprint density at radius 3 is 2.06 bits per heavy atom. The summed E-state index contributed by atoms with van der Waals surface area (Å²) >= 11 is 0. The van der Waals surface area contributed by atoms with E-state index in [-0.39, 0.29) is 18.4 Å². The topological polar surface area (TPSA) is 77.5 Å². The summed E-state index contributed by atoms with van der Waals surface area (Å²) in [5, 5.41) is 0. The molecule has 2 aromatic carbocycles. The molecule has 0 aromatic heterocycles. The molecule has 3 rings (SSSR count). The van der Waals surface area contributed by atoms with Crippen LogP contribution in [0.25, 0.3) is 0 Å². The van der Waals surface area contributed by atoms with E-state index in [4.69, 9.17) is 18.9 Å². The Hall–Kier alpha value is -3.42. The van der Waals surface area contributed by atoms with E-state index in [0.717, 1.165) is 0 Å². The standard InChI is InChI=1S/C23H28N2O6/c1-28-19-14-17(15-20(29-2)22(19)30-3)23(27)25-11-7-10-24(12-13-25)21(26)16-31-18-8-5-4-6-9-18/h4-6,8-9,14-15H,7,10-13,16H2,1-3H3. The molecule has 0 atom stereocenters. The summed E-state index contributed by atoms with van der Waals surface area (Å²) < 4.78 is 21.6. The average Bonchev–Trinajstić information content (AvgIpc) is 3.08. The van der Waals surface area contributed by atoms with Gasteiger partial charge in [-0.15, -0.1) is 0 Å². The van der Waals surface area contributed by atoms with Gasteiger partial charge in [0.25, 0.3) is 11.8 Å². The lowest BCUT2D eigenvalue weighted by Crippen LogP contribution is -2.39. The van der Waals surface area contributed by atoms with Crippen molar-refractivity contribution in [2.45, 2.75) is 6.42 Å². The minimum Gasteiger partial charge on any atom is -0.493 e. The third-order valence-corrected chi connectivity index (χ3v) is 5.15. The van der Waals surface area contributed by atoms with Crippen LogP contribution < -0.4 is 18.9 Å². The first-order valence-electron chi connectivity index (χ1n) is 10.1. The first-order valence-corrected chi connectivity index (χ1v) is 10.1. The van der Waals surface area contributed by atoms with E-state index in [9.17, 15) is 9.59 Å². The molecule has 1 heterocycles. The Morgan fingerprint density at radius 1 is 0.839 bits per heavy atom. The number of rotatable bonds is 7. The molecule has 166 valence electrons. The van der Waals surface area contributed by atoms with E-state index in [1.54, 1.807) is 21.9 Å². The SMILES string of the molecule is COc1cc(C(=O)N2CCCN(C(=O)COc3ccccc3)CC2)cc(OC)c1OC. The molecule has 2 amide bonds. The molecule has 0 N–H and O–H groups in total. The second-order valence-corrected chi connectivity index (χ2v) is 7.04. The summed E-state index contributed by atoms with van der Waals surface area (Å²) in [6.07, 6.45) is 0.688. The lowest BCUT2D eigenvalue weighted by Gasteiger charge is -2.23. The van der Waals surface area contributed by atoms with Gasteiger partial charge in [-0.1, -0.05) is 18.2 Å². The molecular formula is C23H28N2O6. The number of benzene rings is 2. The number of carbonyl (C=O) groups excluding carboxylic acids is 2. The van der Waals surface area contributed by atoms with Crippen LogP contribution >= 0.6 is 0 Å². The van der Waals surface area contributed by atoms with E-state index < -0.39 is 0 Å². The predicted octanol–water partition coefficient (Wildman–Crippen LogP) is 2.47. The Balaban J connectivity index is 1.63. The van der Waals surface area contributed by atoms with E-state index in [0.29, 0.717) is 61.2 Å². The van der Waals surface area contributed by atoms with Crippen LogP contribution in [0, 0.1) is 0 Å². The summed E-state index contributed by atoms with van der Waals surface area (Å²) in [5.41, 5.74) is 0.446. The minimum atomic E-state index is -0.144. The van der Waals surface area contributed by atoms with Crippen molar-refractivity contribution in [1.82, 2.24) is 9.80 Å². The van der Waals surface area contributed by atoms with Gasteiger partial charge >= 0.3 is 0 Å². The zero-order valence-electron chi connectivity index (χ0n) is 18.1. The minimum absolute atomic E-state index is 0.0230. The van der Waals surface area contributed by atoms with Crippen LogP contribution in [0.1, 0.15) is 16.8 Å². The lowest BCUT2D eigenvalue weighted by atomic mass is 10.1. The van der Waals surface area contributed by atoms with Gasteiger partial charge in [0.2, 0.25) is 5.75 Å². The number of para-hydroxylation sites is 1. The molecule has 1 saturated heterocycles. The highest BCUT2D eigenvalue weighted by Gasteiger charge is 2.25. The Morgan fingerprint density at radius 2 is 1.45 bits per heavy atom. The van der Waals surface area contributed by atoms with E-state index in [1.807, 2.05) is 30.3 Å². The van der Waals surface area contributed by atoms with E-state index in [2.05, 4.69) is 0 Å². The number of hydrogen-bond acceptors (Lipinski definition) is 6. The summed E-state index contributed by atoms with van der Waals surface area (Å²) in [6, 6.07) is 12.5. The van der Waals surface area contributed by atoms with Crippen molar-refractivity contribution in [2.75, 3.05) is 54.1 Å². The zero-order chi connectivity index (χ0) is 22.2. The summed E-state index contributed by atoms with van der Waals surface area (Å²) in [7, 11) is 4.54. The van der Waals surface area contributed by atoms with Gasteiger partial charge in [-0.2, -0.15) is 0 Å². The fourth-order valence-electron chi connectivity index (χ4n) is 3.51. The molecule has 1 aliphatic rings. The Kier molecular flexibility index (Phi) is 7.59. The highest BCUT2D eigenvalue weighted by Crippen LogP contribution is 2.38. The second-order valence-electron chi connectivity index (χ2n) is 7.04. The Labute approximate surface area is 182 Å². The largest absolute Gasteiger partial charge is 0.493 e. The third kappa shape index (κ3) is 5.39. The molecule has 0 radical (unpaired) electrons. The smallest absolute Gasteiger partial charge is 0.260 e. The molecule has 8 heteroatoms. The number of hydrogen-bond donors (Lipinski definition) is 0. The number of carbonyl (C=O) groups is 2.